The molecule has 7 rings (SSSR count). The lowest BCUT2D eigenvalue weighted by atomic mass is 10.1. The fourth-order valence-electron chi connectivity index (χ4n) is 4.60. The van der Waals surface area contributed by atoms with Crippen LogP contribution < -0.4 is 0 Å². The Bertz CT molecular complexity index is 1740. The minimum Gasteiger partial charge on any atom is -0.276 e. The van der Waals surface area contributed by atoms with Crippen molar-refractivity contribution in [2.75, 3.05) is 0 Å². The normalized spacial score (nSPS) is 11.5. The summed E-state index contributed by atoms with van der Waals surface area (Å²) in [6, 6.07) is 39.0. The highest BCUT2D eigenvalue weighted by atomic mass is 15.2. The van der Waals surface area contributed by atoms with Crippen molar-refractivity contribution in [2.45, 2.75) is 0 Å². The first-order valence-electron chi connectivity index (χ1n) is 11.2. The molecular weight excluding hydrogens is 418 g/mol. The van der Waals surface area contributed by atoms with Gasteiger partial charge in [0.2, 0.25) is 5.78 Å². The molecule has 0 spiro atoms. The minimum atomic E-state index is 0.684. The maximum absolute atomic E-state index is 5.04. The predicted octanol–water partition coefficient (Wildman–Crippen LogP) is 6.56. The van der Waals surface area contributed by atoms with Crippen LogP contribution in [0.5, 0.6) is 0 Å². The van der Waals surface area contributed by atoms with Crippen LogP contribution in [0.15, 0.2) is 115 Å². The Labute approximate surface area is 195 Å². The summed E-state index contributed by atoms with van der Waals surface area (Å²) in [5.74, 6) is 2.30. The van der Waals surface area contributed by atoms with E-state index in [1.807, 2.05) is 72.8 Å². The fourth-order valence-corrected chi connectivity index (χ4v) is 4.60. The molecule has 0 aliphatic carbocycles. The first kappa shape index (κ1) is 18.8. The number of benzene rings is 4. The van der Waals surface area contributed by atoms with Gasteiger partial charge in [0.05, 0.1) is 27.8 Å². The quantitative estimate of drug-likeness (QED) is 0.315. The van der Waals surface area contributed by atoms with E-state index in [1.54, 1.807) is 0 Å². The third kappa shape index (κ3) is 2.84. The maximum atomic E-state index is 5.04. The van der Waals surface area contributed by atoms with Crippen LogP contribution in [0.4, 0.5) is 0 Å². The van der Waals surface area contributed by atoms with Crippen molar-refractivity contribution in [3.05, 3.63) is 115 Å². The Kier molecular flexibility index (Phi) is 4.08. The Balaban J connectivity index is 1.59. The van der Waals surface area contributed by atoms with Crippen molar-refractivity contribution >= 4 is 27.8 Å². The zero-order valence-corrected chi connectivity index (χ0v) is 18.2. The van der Waals surface area contributed by atoms with Gasteiger partial charge in [0.25, 0.3) is 0 Å². The maximum Gasteiger partial charge on any atom is 0.221 e. The van der Waals surface area contributed by atoms with E-state index in [4.69, 9.17) is 15.0 Å². The van der Waals surface area contributed by atoms with Gasteiger partial charge in [0, 0.05) is 17.2 Å². The van der Waals surface area contributed by atoms with Gasteiger partial charge in [-0.25, -0.2) is 15.0 Å². The lowest BCUT2D eigenvalue weighted by Crippen LogP contribution is -2.03. The number of imidazole rings is 2. The standard InChI is InChI=1S/C29H19N5/c1-3-11-20(12-4-1)23-19-27(32-28(30-23)21-13-5-2-6-14-21)34-26-18-10-9-17-25(26)33-24-16-8-7-15-22(24)31-29(33)34/h1-19H. The molecule has 34 heavy (non-hydrogen) atoms. The summed E-state index contributed by atoms with van der Waals surface area (Å²) < 4.78 is 4.34. The van der Waals surface area contributed by atoms with Crippen molar-refractivity contribution in [1.29, 1.82) is 0 Å². The van der Waals surface area contributed by atoms with Gasteiger partial charge in [0.1, 0.15) is 5.82 Å². The molecule has 7 aromatic rings. The van der Waals surface area contributed by atoms with Crippen LogP contribution in [0.1, 0.15) is 0 Å². The zero-order chi connectivity index (χ0) is 22.5. The molecule has 3 heterocycles. The Morgan fingerprint density at radius 2 is 1.12 bits per heavy atom. The number of nitrogens with zero attached hydrogens (tertiary/aromatic N) is 5. The second kappa shape index (κ2) is 7.39. The summed E-state index contributed by atoms with van der Waals surface area (Å²) in [5, 5.41) is 0. The topological polar surface area (TPSA) is 48.0 Å². The van der Waals surface area contributed by atoms with Gasteiger partial charge in [-0.1, -0.05) is 84.9 Å². The minimum absolute atomic E-state index is 0.684. The molecule has 160 valence electrons. The van der Waals surface area contributed by atoms with E-state index in [2.05, 4.69) is 51.4 Å². The highest BCUT2D eigenvalue weighted by Crippen LogP contribution is 2.31. The zero-order valence-electron chi connectivity index (χ0n) is 18.2. The summed E-state index contributed by atoms with van der Waals surface area (Å²) in [5.41, 5.74) is 7.06. The second-order valence-corrected chi connectivity index (χ2v) is 8.23. The number of hydrogen-bond donors (Lipinski definition) is 0. The molecule has 0 atom stereocenters. The van der Waals surface area contributed by atoms with Crippen LogP contribution in [0.2, 0.25) is 0 Å². The number of para-hydroxylation sites is 4. The van der Waals surface area contributed by atoms with Gasteiger partial charge in [-0.3, -0.25) is 8.97 Å². The summed E-state index contributed by atoms with van der Waals surface area (Å²) in [7, 11) is 0. The van der Waals surface area contributed by atoms with Crippen LogP contribution in [0.3, 0.4) is 0 Å². The predicted molar refractivity (Wildman–Crippen MR) is 136 cm³/mol. The van der Waals surface area contributed by atoms with Crippen molar-refractivity contribution in [3.8, 4) is 28.5 Å². The summed E-state index contributed by atoms with van der Waals surface area (Å²) in [6.07, 6.45) is 0. The van der Waals surface area contributed by atoms with E-state index in [-0.39, 0.29) is 0 Å². The van der Waals surface area contributed by atoms with E-state index in [0.717, 1.165) is 50.5 Å². The summed E-state index contributed by atoms with van der Waals surface area (Å²) >= 11 is 0. The first-order chi connectivity index (χ1) is 16.9. The molecule has 4 aromatic carbocycles. The first-order valence-corrected chi connectivity index (χ1v) is 11.2. The summed E-state index contributed by atoms with van der Waals surface area (Å²) in [4.78, 5) is 15.0. The molecule has 5 heteroatoms. The van der Waals surface area contributed by atoms with E-state index in [9.17, 15) is 0 Å². The molecule has 0 aliphatic rings. The summed E-state index contributed by atoms with van der Waals surface area (Å²) in [6.45, 7) is 0. The molecule has 3 aromatic heterocycles. The molecule has 0 aliphatic heterocycles. The van der Waals surface area contributed by atoms with E-state index < -0.39 is 0 Å². The highest BCUT2D eigenvalue weighted by Gasteiger charge is 2.19. The molecule has 0 fully saturated rings. The van der Waals surface area contributed by atoms with Gasteiger partial charge in [-0.05, 0) is 24.3 Å². The van der Waals surface area contributed by atoms with E-state index in [0.29, 0.717) is 5.82 Å². The van der Waals surface area contributed by atoms with Gasteiger partial charge in [-0.2, -0.15) is 0 Å². The van der Waals surface area contributed by atoms with Crippen LogP contribution >= 0.6 is 0 Å². The van der Waals surface area contributed by atoms with Gasteiger partial charge >= 0.3 is 0 Å². The number of hydrogen-bond acceptors (Lipinski definition) is 3. The van der Waals surface area contributed by atoms with Gasteiger partial charge < -0.3 is 0 Å². The molecule has 0 bridgehead atoms. The van der Waals surface area contributed by atoms with Crippen LogP contribution in [0.25, 0.3) is 56.3 Å². The molecule has 5 nitrogen and oxygen atoms in total. The third-order valence-electron chi connectivity index (χ3n) is 6.15. The Hall–Kier alpha value is -4.77. The van der Waals surface area contributed by atoms with Crippen molar-refractivity contribution in [2.24, 2.45) is 0 Å². The molecule has 0 saturated heterocycles. The SMILES string of the molecule is c1ccc(-c2cc(-n3c4ccccc4n4c5ccccc5nc34)nc(-c3ccccc3)n2)cc1. The van der Waals surface area contributed by atoms with Crippen LogP contribution in [-0.2, 0) is 0 Å². The second-order valence-electron chi connectivity index (χ2n) is 8.23. The molecule has 0 saturated carbocycles. The van der Waals surface area contributed by atoms with E-state index >= 15 is 0 Å². The smallest absolute Gasteiger partial charge is 0.221 e. The van der Waals surface area contributed by atoms with Crippen LogP contribution in [-0.4, -0.2) is 23.9 Å². The lowest BCUT2D eigenvalue weighted by Gasteiger charge is -2.10. The molecule has 0 amide bonds. The molecular formula is C29H19N5. The monoisotopic (exact) mass is 437 g/mol. The largest absolute Gasteiger partial charge is 0.276 e. The average molecular weight is 438 g/mol. The third-order valence-corrected chi connectivity index (χ3v) is 6.15. The lowest BCUT2D eigenvalue weighted by molar-refractivity contribution is 1.02. The Morgan fingerprint density at radius 1 is 0.500 bits per heavy atom. The molecule has 0 radical (unpaired) electrons. The number of rotatable bonds is 3. The molecule has 0 N–H and O–H groups in total. The van der Waals surface area contributed by atoms with Crippen molar-refractivity contribution in [1.82, 2.24) is 23.9 Å². The number of fused-ring (bicyclic) bond motifs is 5. The highest BCUT2D eigenvalue weighted by molar-refractivity contribution is 5.92. The average Bonchev–Trinajstić information content (AvgIpc) is 3.44. The van der Waals surface area contributed by atoms with Crippen molar-refractivity contribution in [3.63, 3.8) is 0 Å². The fraction of sp³-hybridized carbons (Fsp3) is 0. The van der Waals surface area contributed by atoms with E-state index in [1.165, 1.54) is 0 Å². The van der Waals surface area contributed by atoms with Crippen molar-refractivity contribution < 1.29 is 0 Å². The molecule has 0 unspecified atom stereocenters. The van der Waals surface area contributed by atoms with Crippen LogP contribution in [0, 0.1) is 0 Å². The number of aromatic nitrogens is 5. The Morgan fingerprint density at radius 3 is 1.88 bits per heavy atom. The van der Waals surface area contributed by atoms with Gasteiger partial charge in [-0.15, -0.1) is 0 Å². The van der Waals surface area contributed by atoms with Gasteiger partial charge in [0.15, 0.2) is 5.82 Å².